The van der Waals surface area contributed by atoms with Crippen LogP contribution in [0.15, 0.2) is 36.5 Å². The summed E-state index contributed by atoms with van der Waals surface area (Å²) in [5.41, 5.74) is 0.546. The molecule has 0 bridgehead atoms. The van der Waals surface area contributed by atoms with Crippen LogP contribution in [0.3, 0.4) is 0 Å². The van der Waals surface area contributed by atoms with Crippen molar-refractivity contribution in [3.63, 3.8) is 0 Å². The smallest absolute Gasteiger partial charge is 0.410 e. The first-order chi connectivity index (χ1) is 16.5. The number of urea groups is 1. The number of nitrogens with zero attached hydrogens (tertiary/aromatic N) is 4. The minimum atomic E-state index is -0.612. The zero-order valence-corrected chi connectivity index (χ0v) is 20.8. The predicted molar refractivity (Wildman–Crippen MR) is 128 cm³/mol. The summed E-state index contributed by atoms with van der Waals surface area (Å²) in [4.78, 5) is 46.4. The number of pyridine rings is 1. The number of aromatic nitrogens is 1. The third-order valence-electron chi connectivity index (χ3n) is 5.21. The van der Waals surface area contributed by atoms with E-state index in [1.165, 1.54) is 36.4 Å². The van der Waals surface area contributed by atoms with Crippen LogP contribution in [-0.4, -0.2) is 71.8 Å². The molecule has 3 amide bonds. The van der Waals surface area contributed by atoms with Gasteiger partial charge in [0.05, 0.1) is 29.9 Å². The van der Waals surface area contributed by atoms with Crippen LogP contribution in [0.4, 0.5) is 19.7 Å². The summed E-state index contributed by atoms with van der Waals surface area (Å²) < 4.78 is 23.9. The fourth-order valence-electron chi connectivity index (χ4n) is 3.42. The second kappa shape index (κ2) is 10.9. The van der Waals surface area contributed by atoms with Crippen LogP contribution in [0.2, 0.25) is 5.02 Å². The molecule has 1 aliphatic heterocycles. The average molecular weight is 507 g/mol. The molecule has 35 heavy (non-hydrogen) atoms. The van der Waals surface area contributed by atoms with Crippen LogP contribution in [0.5, 0.6) is 0 Å². The number of rotatable bonds is 4. The first kappa shape index (κ1) is 26.2. The highest BCUT2D eigenvalue weighted by atomic mass is 35.5. The molecule has 2 heterocycles. The number of amides is 3. The van der Waals surface area contributed by atoms with Gasteiger partial charge < -0.3 is 19.3 Å². The van der Waals surface area contributed by atoms with Gasteiger partial charge in [-0.3, -0.25) is 9.88 Å². The van der Waals surface area contributed by atoms with Crippen molar-refractivity contribution in [2.24, 2.45) is 0 Å². The average Bonchev–Trinajstić information content (AvgIpc) is 2.83. The molecule has 9 nitrogen and oxygen atoms in total. The number of piperazine rings is 1. The quantitative estimate of drug-likeness (QED) is 0.573. The van der Waals surface area contributed by atoms with E-state index >= 15 is 0 Å². The van der Waals surface area contributed by atoms with Crippen molar-refractivity contribution in [3.05, 3.63) is 58.6 Å². The largest absolute Gasteiger partial charge is 0.465 e. The van der Waals surface area contributed by atoms with E-state index in [2.05, 4.69) is 9.72 Å². The fourth-order valence-corrected chi connectivity index (χ4v) is 3.59. The summed E-state index contributed by atoms with van der Waals surface area (Å²) >= 11 is 5.98. The molecule has 0 spiro atoms. The molecule has 0 N–H and O–H groups in total. The second-order valence-corrected chi connectivity index (χ2v) is 9.36. The number of halogens is 2. The second-order valence-electron chi connectivity index (χ2n) is 8.95. The Morgan fingerprint density at radius 3 is 2.29 bits per heavy atom. The molecular formula is C24H28ClFN4O5. The van der Waals surface area contributed by atoms with E-state index in [1.807, 2.05) is 0 Å². The van der Waals surface area contributed by atoms with Crippen molar-refractivity contribution in [3.8, 4) is 0 Å². The fraction of sp³-hybridized carbons (Fsp3) is 0.417. The van der Waals surface area contributed by atoms with Gasteiger partial charge in [-0.25, -0.2) is 18.8 Å². The molecular weight excluding hydrogens is 479 g/mol. The lowest BCUT2D eigenvalue weighted by Crippen LogP contribution is -2.54. The predicted octanol–water partition coefficient (Wildman–Crippen LogP) is 4.34. The number of ether oxygens (including phenoxy) is 2. The molecule has 2 aromatic rings. The van der Waals surface area contributed by atoms with E-state index in [1.54, 1.807) is 42.7 Å². The van der Waals surface area contributed by atoms with Gasteiger partial charge in [-0.2, -0.15) is 0 Å². The topological polar surface area (TPSA) is 92.3 Å². The van der Waals surface area contributed by atoms with Gasteiger partial charge in [0.1, 0.15) is 11.4 Å². The van der Waals surface area contributed by atoms with Crippen LogP contribution in [0, 0.1) is 5.82 Å². The molecule has 0 unspecified atom stereocenters. The van der Waals surface area contributed by atoms with E-state index < -0.39 is 23.5 Å². The molecule has 0 radical (unpaired) electrons. The lowest BCUT2D eigenvalue weighted by Gasteiger charge is -2.38. The molecule has 3 rings (SSSR count). The minimum absolute atomic E-state index is 0.0501. The lowest BCUT2D eigenvalue weighted by atomic mass is 10.2. The summed E-state index contributed by atoms with van der Waals surface area (Å²) in [5.74, 6) is -1.13. The van der Waals surface area contributed by atoms with Gasteiger partial charge in [-0.05, 0) is 51.1 Å². The van der Waals surface area contributed by atoms with Crippen molar-refractivity contribution >= 4 is 35.4 Å². The van der Waals surface area contributed by atoms with Crippen LogP contribution in [0.1, 0.15) is 36.8 Å². The van der Waals surface area contributed by atoms with E-state index in [0.717, 1.165) is 0 Å². The third kappa shape index (κ3) is 6.82. The van der Waals surface area contributed by atoms with Gasteiger partial charge in [0, 0.05) is 38.1 Å². The van der Waals surface area contributed by atoms with Crippen LogP contribution < -0.4 is 4.90 Å². The molecule has 1 aromatic carbocycles. The highest BCUT2D eigenvalue weighted by Crippen LogP contribution is 2.25. The molecule has 0 saturated carbocycles. The zero-order valence-electron chi connectivity index (χ0n) is 20.1. The number of methoxy groups -OCH3 is 1. The lowest BCUT2D eigenvalue weighted by molar-refractivity contribution is 0.0172. The Bertz CT molecular complexity index is 1080. The standard InChI is InChI=1S/C24H28ClFN4O5/c1-24(2,3)35-23(33)29-11-9-28(10-12-29)22(32)30(18-7-8-20(26)19(25)13-18)15-17-6-5-16(14-27-17)21(31)34-4/h5-8,13-14H,9-12,15H2,1-4H3. The Balaban J connectivity index is 1.78. The summed E-state index contributed by atoms with van der Waals surface area (Å²) in [7, 11) is 1.28. The summed E-state index contributed by atoms with van der Waals surface area (Å²) in [6, 6.07) is 6.82. The van der Waals surface area contributed by atoms with Crippen molar-refractivity contribution in [2.45, 2.75) is 32.9 Å². The van der Waals surface area contributed by atoms with Crippen molar-refractivity contribution in [1.82, 2.24) is 14.8 Å². The number of hydrogen-bond acceptors (Lipinski definition) is 6. The van der Waals surface area contributed by atoms with Gasteiger partial charge in [-0.1, -0.05) is 11.6 Å². The van der Waals surface area contributed by atoms with E-state index in [9.17, 15) is 18.8 Å². The number of carbonyl (C=O) groups excluding carboxylic acids is 3. The molecule has 188 valence electrons. The molecule has 0 atom stereocenters. The Kier molecular flexibility index (Phi) is 8.16. The molecule has 0 aliphatic carbocycles. The van der Waals surface area contributed by atoms with Gasteiger partial charge >= 0.3 is 18.1 Å². The maximum atomic E-state index is 13.8. The Labute approximate surface area is 208 Å². The maximum Gasteiger partial charge on any atom is 0.410 e. The Morgan fingerprint density at radius 2 is 1.74 bits per heavy atom. The molecule has 1 fully saturated rings. The van der Waals surface area contributed by atoms with Crippen LogP contribution >= 0.6 is 11.6 Å². The molecule has 1 aromatic heterocycles. The van der Waals surface area contributed by atoms with E-state index in [-0.39, 0.29) is 36.3 Å². The molecule has 11 heteroatoms. The molecule has 1 saturated heterocycles. The van der Waals surface area contributed by atoms with Crippen molar-refractivity contribution < 1.29 is 28.2 Å². The highest BCUT2D eigenvalue weighted by molar-refractivity contribution is 6.31. The Morgan fingerprint density at radius 1 is 1.09 bits per heavy atom. The minimum Gasteiger partial charge on any atom is -0.465 e. The monoisotopic (exact) mass is 506 g/mol. The highest BCUT2D eigenvalue weighted by Gasteiger charge is 2.30. The summed E-state index contributed by atoms with van der Waals surface area (Å²) in [6.07, 6.45) is 0.933. The summed E-state index contributed by atoms with van der Waals surface area (Å²) in [5, 5.41) is -0.121. The number of benzene rings is 1. The van der Waals surface area contributed by atoms with E-state index in [4.69, 9.17) is 16.3 Å². The number of anilines is 1. The number of hydrogen-bond donors (Lipinski definition) is 0. The normalized spacial score (nSPS) is 13.9. The zero-order chi connectivity index (χ0) is 25.8. The maximum absolute atomic E-state index is 13.8. The Hall–Kier alpha value is -3.40. The van der Waals surface area contributed by atoms with Gasteiger partial charge in [0.15, 0.2) is 0 Å². The number of carbonyl (C=O) groups is 3. The van der Waals surface area contributed by atoms with E-state index in [0.29, 0.717) is 24.5 Å². The first-order valence-electron chi connectivity index (χ1n) is 11.0. The van der Waals surface area contributed by atoms with Gasteiger partial charge in [-0.15, -0.1) is 0 Å². The summed E-state index contributed by atoms with van der Waals surface area (Å²) in [6.45, 7) is 6.63. The van der Waals surface area contributed by atoms with Crippen molar-refractivity contribution in [1.29, 1.82) is 0 Å². The van der Waals surface area contributed by atoms with Crippen LogP contribution in [-0.2, 0) is 16.0 Å². The van der Waals surface area contributed by atoms with Gasteiger partial charge in [0.25, 0.3) is 0 Å². The first-order valence-corrected chi connectivity index (χ1v) is 11.4. The SMILES string of the molecule is COC(=O)c1ccc(CN(C(=O)N2CCN(C(=O)OC(C)(C)C)CC2)c2ccc(F)c(Cl)c2)nc1. The molecule has 1 aliphatic rings. The third-order valence-corrected chi connectivity index (χ3v) is 5.50. The van der Waals surface area contributed by atoms with Crippen molar-refractivity contribution in [2.75, 3.05) is 38.2 Å². The van der Waals surface area contributed by atoms with Gasteiger partial charge in [0.2, 0.25) is 0 Å². The van der Waals surface area contributed by atoms with Crippen LogP contribution in [0.25, 0.3) is 0 Å². The number of esters is 1.